The van der Waals surface area contributed by atoms with Gasteiger partial charge in [0.15, 0.2) is 11.6 Å². The van der Waals surface area contributed by atoms with Gasteiger partial charge in [0, 0.05) is 30.4 Å². The van der Waals surface area contributed by atoms with E-state index in [9.17, 15) is 0 Å². The van der Waals surface area contributed by atoms with Gasteiger partial charge >= 0.3 is 0 Å². The number of piperidine rings is 1. The standard InChI is InChI=1S/C20H22Cl2N8/c1-20(25)6-9-30(10-7-20)19-16(13-5-8-26-29-13)27-17(18(24)28-19)15(23)11-3-2-4-12(21)14(11)22/h2-5,8,23H,6-7,9-10,25H2,1H3,(H2,24,28)(H,26,29). The summed E-state index contributed by atoms with van der Waals surface area (Å²) in [6.45, 7) is 3.53. The number of nitrogen functional groups attached to an aromatic ring is 1. The fourth-order valence-electron chi connectivity index (χ4n) is 3.47. The first-order valence-electron chi connectivity index (χ1n) is 9.51. The number of anilines is 2. The second-order valence-electron chi connectivity index (χ2n) is 7.72. The Hall–Kier alpha value is -2.68. The van der Waals surface area contributed by atoms with Crippen molar-refractivity contribution >= 4 is 40.5 Å². The van der Waals surface area contributed by atoms with Gasteiger partial charge in [-0.15, -0.1) is 0 Å². The van der Waals surface area contributed by atoms with Crippen molar-refractivity contribution in [1.29, 1.82) is 5.41 Å². The third-order valence-corrected chi connectivity index (χ3v) is 6.14. The number of aromatic amines is 1. The van der Waals surface area contributed by atoms with E-state index < -0.39 is 0 Å². The van der Waals surface area contributed by atoms with E-state index in [-0.39, 0.29) is 27.8 Å². The van der Waals surface area contributed by atoms with Crippen LogP contribution in [-0.2, 0) is 0 Å². The van der Waals surface area contributed by atoms with Crippen molar-refractivity contribution < 1.29 is 0 Å². The Bertz CT molecular complexity index is 1080. The number of nitrogens with zero attached hydrogens (tertiary/aromatic N) is 4. The van der Waals surface area contributed by atoms with Crippen LogP contribution in [0.15, 0.2) is 30.5 Å². The summed E-state index contributed by atoms with van der Waals surface area (Å²) in [7, 11) is 0. The molecule has 3 heterocycles. The van der Waals surface area contributed by atoms with Gasteiger partial charge in [-0.05, 0) is 31.9 Å². The molecule has 0 bridgehead atoms. The molecule has 0 unspecified atom stereocenters. The first-order valence-corrected chi connectivity index (χ1v) is 10.3. The molecule has 8 nitrogen and oxygen atoms in total. The van der Waals surface area contributed by atoms with Crippen LogP contribution in [0.5, 0.6) is 0 Å². The van der Waals surface area contributed by atoms with Crippen molar-refractivity contribution in [2.75, 3.05) is 23.7 Å². The smallest absolute Gasteiger partial charge is 0.159 e. The van der Waals surface area contributed by atoms with Crippen molar-refractivity contribution in [3.63, 3.8) is 0 Å². The van der Waals surface area contributed by atoms with Gasteiger partial charge in [-0.2, -0.15) is 5.10 Å². The van der Waals surface area contributed by atoms with Crippen LogP contribution in [0.2, 0.25) is 10.0 Å². The van der Waals surface area contributed by atoms with Crippen LogP contribution < -0.4 is 16.4 Å². The Balaban J connectivity index is 1.80. The van der Waals surface area contributed by atoms with E-state index in [0.29, 0.717) is 27.8 Å². The summed E-state index contributed by atoms with van der Waals surface area (Å²) in [6.07, 6.45) is 3.29. The first kappa shape index (κ1) is 20.6. The SMILES string of the molecule is CC1(N)CCN(c2nc(N)c(C(=N)c3cccc(Cl)c3Cl)nc2-c2ccn[nH]2)CC1. The quantitative estimate of drug-likeness (QED) is 0.455. The van der Waals surface area contributed by atoms with E-state index in [1.807, 2.05) is 0 Å². The monoisotopic (exact) mass is 444 g/mol. The topological polar surface area (TPSA) is 134 Å². The molecule has 1 aliphatic heterocycles. The van der Waals surface area contributed by atoms with Crippen LogP contribution >= 0.6 is 23.2 Å². The van der Waals surface area contributed by atoms with Crippen LogP contribution in [0, 0.1) is 5.41 Å². The lowest BCUT2D eigenvalue weighted by Crippen LogP contribution is -2.48. The molecule has 10 heteroatoms. The maximum atomic E-state index is 8.66. The molecule has 1 fully saturated rings. The molecule has 30 heavy (non-hydrogen) atoms. The molecule has 1 aliphatic rings. The van der Waals surface area contributed by atoms with Crippen molar-refractivity contribution in [3.8, 4) is 11.4 Å². The van der Waals surface area contributed by atoms with E-state index in [1.165, 1.54) is 0 Å². The van der Waals surface area contributed by atoms with Gasteiger partial charge in [-0.3, -0.25) is 10.5 Å². The molecule has 0 saturated carbocycles. The molecule has 4 rings (SSSR count). The van der Waals surface area contributed by atoms with Gasteiger partial charge in [-0.1, -0.05) is 35.3 Å². The molecular formula is C20H22Cl2N8. The number of benzene rings is 1. The maximum Gasteiger partial charge on any atom is 0.159 e. The minimum atomic E-state index is -0.199. The third-order valence-electron chi connectivity index (χ3n) is 5.32. The van der Waals surface area contributed by atoms with Crippen molar-refractivity contribution in [1.82, 2.24) is 20.2 Å². The molecule has 0 aliphatic carbocycles. The molecule has 0 spiro atoms. The van der Waals surface area contributed by atoms with Crippen LogP contribution in [0.4, 0.5) is 11.6 Å². The van der Waals surface area contributed by atoms with E-state index >= 15 is 0 Å². The van der Waals surface area contributed by atoms with Gasteiger partial charge in [0.1, 0.15) is 11.4 Å². The first-order chi connectivity index (χ1) is 14.3. The highest BCUT2D eigenvalue weighted by atomic mass is 35.5. The molecule has 3 aromatic rings. The van der Waals surface area contributed by atoms with Crippen LogP contribution in [-0.4, -0.2) is 44.5 Å². The fourth-order valence-corrected chi connectivity index (χ4v) is 3.86. The summed E-state index contributed by atoms with van der Waals surface area (Å²) in [5, 5.41) is 16.3. The number of nitrogens with two attached hydrogens (primary N) is 2. The summed E-state index contributed by atoms with van der Waals surface area (Å²) in [5.74, 6) is 0.788. The summed E-state index contributed by atoms with van der Waals surface area (Å²) < 4.78 is 0. The van der Waals surface area contributed by atoms with E-state index in [2.05, 4.69) is 27.0 Å². The number of rotatable bonds is 4. The second kappa shape index (κ2) is 7.86. The normalized spacial score (nSPS) is 15.9. The van der Waals surface area contributed by atoms with Gasteiger partial charge in [0.25, 0.3) is 0 Å². The number of hydrogen-bond donors (Lipinski definition) is 4. The Morgan fingerprint density at radius 3 is 2.60 bits per heavy atom. The summed E-state index contributed by atoms with van der Waals surface area (Å²) >= 11 is 12.4. The Kier molecular flexibility index (Phi) is 5.40. The molecule has 0 atom stereocenters. The highest BCUT2D eigenvalue weighted by Gasteiger charge is 2.30. The number of nitrogens with one attached hydrogen (secondary N) is 2. The molecule has 1 saturated heterocycles. The summed E-state index contributed by atoms with van der Waals surface area (Å²) in [6, 6.07) is 6.90. The van der Waals surface area contributed by atoms with Gasteiger partial charge in [-0.25, -0.2) is 9.97 Å². The van der Waals surface area contributed by atoms with Crippen molar-refractivity contribution in [2.45, 2.75) is 25.3 Å². The minimum Gasteiger partial charge on any atom is -0.382 e. The highest BCUT2D eigenvalue weighted by Crippen LogP contribution is 2.33. The Morgan fingerprint density at radius 2 is 1.93 bits per heavy atom. The molecule has 156 valence electrons. The van der Waals surface area contributed by atoms with Gasteiger partial charge < -0.3 is 16.4 Å². The van der Waals surface area contributed by atoms with E-state index in [0.717, 1.165) is 25.9 Å². The minimum absolute atomic E-state index is 0.0491. The van der Waals surface area contributed by atoms with Crippen molar-refractivity contribution in [2.24, 2.45) is 5.73 Å². The third kappa shape index (κ3) is 3.86. The zero-order chi connectivity index (χ0) is 21.5. The number of halogens is 2. The van der Waals surface area contributed by atoms with E-state index in [1.54, 1.807) is 30.5 Å². The van der Waals surface area contributed by atoms with Gasteiger partial charge in [0.05, 0.1) is 21.5 Å². The lowest BCUT2D eigenvalue weighted by atomic mass is 9.91. The second-order valence-corrected chi connectivity index (χ2v) is 8.50. The summed E-state index contributed by atoms with van der Waals surface area (Å²) in [4.78, 5) is 11.5. The predicted octanol–water partition coefficient (Wildman–Crippen LogP) is 3.49. The average Bonchev–Trinajstić information content (AvgIpc) is 3.24. The van der Waals surface area contributed by atoms with Crippen molar-refractivity contribution in [3.05, 3.63) is 51.8 Å². The lowest BCUT2D eigenvalue weighted by molar-refractivity contribution is 0.363. The number of aromatic nitrogens is 4. The van der Waals surface area contributed by atoms with Crippen LogP contribution in [0.25, 0.3) is 11.4 Å². The summed E-state index contributed by atoms with van der Waals surface area (Å²) in [5.41, 5.74) is 14.3. The zero-order valence-electron chi connectivity index (χ0n) is 16.4. The molecule has 0 radical (unpaired) electrons. The maximum absolute atomic E-state index is 8.66. The Labute approximate surface area is 184 Å². The van der Waals surface area contributed by atoms with E-state index in [4.69, 9.17) is 45.1 Å². The Morgan fingerprint density at radius 1 is 1.20 bits per heavy atom. The van der Waals surface area contributed by atoms with Gasteiger partial charge in [0.2, 0.25) is 0 Å². The highest BCUT2D eigenvalue weighted by molar-refractivity contribution is 6.44. The molecule has 1 aromatic carbocycles. The molecular weight excluding hydrogens is 423 g/mol. The van der Waals surface area contributed by atoms with Crippen LogP contribution in [0.1, 0.15) is 31.0 Å². The molecule has 2 aromatic heterocycles. The average molecular weight is 445 g/mol. The fraction of sp³-hybridized carbons (Fsp3) is 0.300. The number of hydrogen-bond acceptors (Lipinski definition) is 7. The largest absolute Gasteiger partial charge is 0.382 e. The van der Waals surface area contributed by atoms with Crippen LogP contribution in [0.3, 0.4) is 0 Å². The zero-order valence-corrected chi connectivity index (χ0v) is 17.9. The number of H-pyrrole nitrogens is 1. The predicted molar refractivity (Wildman–Crippen MR) is 120 cm³/mol. The molecule has 0 amide bonds. The lowest BCUT2D eigenvalue weighted by Gasteiger charge is -2.37. The molecule has 6 N–H and O–H groups in total.